The van der Waals surface area contributed by atoms with Gasteiger partial charge in [0.05, 0.1) is 17.9 Å². The van der Waals surface area contributed by atoms with Crippen molar-refractivity contribution < 1.29 is 14.3 Å². The molecule has 136 valence electrons. The number of amides is 1. The molecule has 0 aliphatic carbocycles. The van der Waals surface area contributed by atoms with E-state index in [-0.39, 0.29) is 18.2 Å². The fourth-order valence-corrected chi connectivity index (χ4v) is 3.91. The number of ether oxygens (including phenoxy) is 1. The van der Waals surface area contributed by atoms with Gasteiger partial charge in [-0.2, -0.15) is 0 Å². The average molecular weight is 378 g/mol. The standard InChI is InChI=1S/C21H18N2O3S/c1-13(24)11-23-18-10-16(8-9-19(18)26-14(2)21(23)25)17-12-27-20(22-17)15-6-4-3-5-7-15/h3-10,12,14H,11H2,1-2H3. The summed E-state index contributed by atoms with van der Waals surface area (Å²) in [6.07, 6.45) is -0.605. The molecule has 5 nitrogen and oxygen atoms in total. The second-order valence-electron chi connectivity index (χ2n) is 6.47. The van der Waals surface area contributed by atoms with Crippen molar-refractivity contribution in [2.45, 2.75) is 20.0 Å². The summed E-state index contributed by atoms with van der Waals surface area (Å²) in [7, 11) is 0. The highest BCUT2D eigenvalue weighted by molar-refractivity contribution is 7.13. The second-order valence-corrected chi connectivity index (χ2v) is 7.33. The van der Waals surface area contributed by atoms with E-state index in [1.54, 1.807) is 18.3 Å². The summed E-state index contributed by atoms with van der Waals surface area (Å²) in [6.45, 7) is 3.21. The second kappa shape index (κ2) is 6.96. The maximum Gasteiger partial charge on any atom is 0.268 e. The lowest BCUT2D eigenvalue weighted by Gasteiger charge is -2.32. The number of thiazole rings is 1. The summed E-state index contributed by atoms with van der Waals surface area (Å²) in [5.41, 5.74) is 3.39. The Morgan fingerprint density at radius 2 is 1.96 bits per heavy atom. The molecule has 1 amide bonds. The SMILES string of the molecule is CC(=O)CN1C(=O)C(C)Oc2ccc(-c3csc(-c4ccccc4)n3)cc21. The van der Waals surface area contributed by atoms with E-state index in [0.717, 1.165) is 21.8 Å². The van der Waals surface area contributed by atoms with Gasteiger partial charge in [-0.05, 0) is 32.0 Å². The Hall–Kier alpha value is -2.99. The first-order valence-electron chi connectivity index (χ1n) is 8.66. The Labute approximate surface area is 161 Å². The number of aromatic nitrogens is 1. The number of rotatable bonds is 4. The highest BCUT2D eigenvalue weighted by Gasteiger charge is 2.32. The lowest BCUT2D eigenvalue weighted by atomic mass is 10.1. The van der Waals surface area contributed by atoms with E-state index in [4.69, 9.17) is 9.72 Å². The fourth-order valence-electron chi connectivity index (χ4n) is 3.07. The smallest absolute Gasteiger partial charge is 0.268 e. The predicted octanol–water partition coefficient (Wildman–Crippen LogP) is 4.18. The molecule has 0 saturated heterocycles. The van der Waals surface area contributed by atoms with Crippen molar-refractivity contribution in [3.05, 3.63) is 53.9 Å². The fraction of sp³-hybridized carbons (Fsp3) is 0.190. The van der Waals surface area contributed by atoms with E-state index in [1.807, 2.05) is 53.9 Å². The molecule has 0 radical (unpaired) electrons. The molecule has 1 aliphatic rings. The van der Waals surface area contributed by atoms with E-state index in [0.29, 0.717) is 11.4 Å². The van der Waals surface area contributed by atoms with Crippen LogP contribution >= 0.6 is 11.3 Å². The van der Waals surface area contributed by atoms with Crippen molar-refractivity contribution in [3.8, 4) is 27.6 Å². The topological polar surface area (TPSA) is 59.5 Å². The summed E-state index contributed by atoms with van der Waals surface area (Å²) in [6, 6.07) is 15.6. The van der Waals surface area contributed by atoms with Crippen molar-refractivity contribution in [2.24, 2.45) is 0 Å². The molecule has 6 heteroatoms. The number of fused-ring (bicyclic) bond motifs is 1. The zero-order valence-corrected chi connectivity index (χ0v) is 15.8. The maximum absolute atomic E-state index is 12.5. The van der Waals surface area contributed by atoms with E-state index in [9.17, 15) is 9.59 Å². The van der Waals surface area contributed by atoms with Gasteiger partial charge in [0.15, 0.2) is 6.10 Å². The highest BCUT2D eigenvalue weighted by atomic mass is 32.1. The molecular weight excluding hydrogens is 360 g/mol. The quantitative estimate of drug-likeness (QED) is 0.683. The van der Waals surface area contributed by atoms with Crippen molar-refractivity contribution >= 4 is 28.7 Å². The van der Waals surface area contributed by atoms with Gasteiger partial charge in [-0.1, -0.05) is 30.3 Å². The first-order chi connectivity index (χ1) is 13.0. The third-order valence-corrected chi connectivity index (χ3v) is 5.26. The summed E-state index contributed by atoms with van der Waals surface area (Å²) < 4.78 is 5.70. The van der Waals surface area contributed by atoms with Crippen LogP contribution in [0.2, 0.25) is 0 Å². The Morgan fingerprint density at radius 3 is 2.70 bits per heavy atom. The van der Waals surface area contributed by atoms with Gasteiger partial charge in [0.1, 0.15) is 16.5 Å². The Kier molecular flexibility index (Phi) is 4.49. The van der Waals surface area contributed by atoms with Crippen LogP contribution < -0.4 is 9.64 Å². The van der Waals surface area contributed by atoms with Crippen LogP contribution in [0.5, 0.6) is 5.75 Å². The average Bonchev–Trinajstić information content (AvgIpc) is 3.16. The molecule has 1 unspecified atom stereocenters. The molecule has 1 atom stereocenters. The Bertz CT molecular complexity index is 1010. The van der Waals surface area contributed by atoms with Crippen LogP contribution in [-0.2, 0) is 9.59 Å². The third-order valence-electron chi connectivity index (χ3n) is 4.37. The highest BCUT2D eigenvalue weighted by Crippen LogP contribution is 2.38. The van der Waals surface area contributed by atoms with Gasteiger partial charge in [0.25, 0.3) is 5.91 Å². The van der Waals surface area contributed by atoms with Crippen molar-refractivity contribution in [1.29, 1.82) is 0 Å². The minimum Gasteiger partial charge on any atom is -0.479 e. The molecule has 0 saturated carbocycles. The third kappa shape index (κ3) is 3.36. The first kappa shape index (κ1) is 17.4. The lowest BCUT2D eigenvalue weighted by molar-refractivity contribution is -0.127. The van der Waals surface area contributed by atoms with Crippen LogP contribution in [0.25, 0.3) is 21.8 Å². The van der Waals surface area contributed by atoms with Gasteiger partial charge in [0.2, 0.25) is 0 Å². The minimum absolute atomic E-state index is 0.0370. The van der Waals surface area contributed by atoms with E-state index >= 15 is 0 Å². The molecule has 0 N–H and O–H groups in total. The summed E-state index contributed by atoms with van der Waals surface area (Å²) in [4.78, 5) is 30.4. The van der Waals surface area contributed by atoms with Crippen molar-refractivity contribution in [3.63, 3.8) is 0 Å². The monoisotopic (exact) mass is 378 g/mol. The van der Waals surface area contributed by atoms with E-state index in [2.05, 4.69) is 0 Å². The zero-order chi connectivity index (χ0) is 19.0. The number of nitrogens with zero attached hydrogens (tertiary/aromatic N) is 2. The number of ketones is 1. The number of anilines is 1. The Balaban J connectivity index is 1.72. The zero-order valence-electron chi connectivity index (χ0n) is 15.0. The number of hydrogen-bond donors (Lipinski definition) is 0. The summed E-state index contributed by atoms with van der Waals surface area (Å²) in [5.74, 6) is 0.317. The maximum atomic E-state index is 12.5. The lowest BCUT2D eigenvalue weighted by Crippen LogP contribution is -2.46. The predicted molar refractivity (Wildman–Crippen MR) is 106 cm³/mol. The van der Waals surface area contributed by atoms with Gasteiger partial charge < -0.3 is 4.74 Å². The number of carbonyl (C=O) groups is 2. The molecule has 1 aromatic heterocycles. The molecule has 4 rings (SSSR count). The van der Waals surface area contributed by atoms with Crippen molar-refractivity contribution in [2.75, 3.05) is 11.4 Å². The number of benzene rings is 2. The number of carbonyl (C=O) groups excluding carboxylic acids is 2. The van der Waals surface area contributed by atoms with Gasteiger partial charge in [0, 0.05) is 16.5 Å². The molecule has 2 heterocycles. The van der Waals surface area contributed by atoms with Crippen LogP contribution in [-0.4, -0.2) is 29.3 Å². The molecule has 0 fully saturated rings. The normalized spacial score (nSPS) is 16.0. The van der Waals surface area contributed by atoms with E-state index < -0.39 is 6.10 Å². The van der Waals surface area contributed by atoms with Crippen LogP contribution in [0.1, 0.15) is 13.8 Å². The molecular formula is C21H18N2O3S. The van der Waals surface area contributed by atoms with E-state index in [1.165, 1.54) is 11.8 Å². The molecule has 0 bridgehead atoms. The van der Waals surface area contributed by atoms with Crippen LogP contribution in [0.3, 0.4) is 0 Å². The minimum atomic E-state index is -0.605. The van der Waals surface area contributed by atoms with Crippen molar-refractivity contribution in [1.82, 2.24) is 4.98 Å². The molecule has 2 aromatic carbocycles. The molecule has 1 aliphatic heterocycles. The van der Waals surface area contributed by atoms with Gasteiger partial charge in [-0.3, -0.25) is 14.5 Å². The van der Waals surface area contributed by atoms with Gasteiger partial charge >= 0.3 is 0 Å². The summed E-state index contributed by atoms with van der Waals surface area (Å²) >= 11 is 1.57. The van der Waals surface area contributed by atoms with Crippen LogP contribution in [0, 0.1) is 0 Å². The molecule has 0 spiro atoms. The number of hydrogen-bond acceptors (Lipinski definition) is 5. The number of Topliss-reactive ketones (excluding diaryl/α,β-unsaturated/α-hetero) is 1. The largest absolute Gasteiger partial charge is 0.479 e. The molecule has 3 aromatic rings. The first-order valence-corrected chi connectivity index (χ1v) is 9.54. The van der Waals surface area contributed by atoms with Crippen LogP contribution in [0.4, 0.5) is 5.69 Å². The Morgan fingerprint density at radius 1 is 1.19 bits per heavy atom. The molecule has 27 heavy (non-hydrogen) atoms. The van der Waals surface area contributed by atoms with Crippen LogP contribution in [0.15, 0.2) is 53.9 Å². The van der Waals surface area contributed by atoms with Gasteiger partial charge in [-0.15, -0.1) is 11.3 Å². The van der Waals surface area contributed by atoms with Gasteiger partial charge in [-0.25, -0.2) is 4.98 Å². The summed E-state index contributed by atoms with van der Waals surface area (Å²) in [5, 5.41) is 2.93.